The standard InChI is InChI=1S/C9H11N3/c1-7-5-9(11-12(7)2)8-3-4-10-6-8/h3-6,10H,1-2H3. The van der Waals surface area contributed by atoms with Gasteiger partial charge in [-0.2, -0.15) is 5.10 Å². The maximum Gasteiger partial charge on any atom is 0.0940 e. The van der Waals surface area contributed by atoms with E-state index in [2.05, 4.69) is 16.1 Å². The summed E-state index contributed by atoms with van der Waals surface area (Å²) in [7, 11) is 1.95. The molecule has 0 unspecified atom stereocenters. The molecule has 0 aliphatic rings. The molecule has 1 N–H and O–H groups in total. The lowest BCUT2D eigenvalue weighted by Gasteiger charge is -1.89. The molecule has 0 amide bonds. The molecule has 0 atom stereocenters. The Kier molecular flexibility index (Phi) is 1.50. The average molecular weight is 161 g/mol. The van der Waals surface area contributed by atoms with Crippen molar-refractivity contribution in [2.75, 3.05) is 0 Å². The third kappa shape index (κ3) is 1.03. The Morgan fingerprint density at radius 2 is 2.33 bits per heavy atom. The zero-order chi connectivity index (χ0) is 8.55. The van der Waals surface area contributed by atoms with Crippen LogP contribution in [0.3, 0.4) is 0 Å². The Balaban J connectivity index is 2.48. The normalized spacial score (nSPS) is 10.5. The van der Waals surface area contributed by atoms with E-state index < -0.39 is 0 Å². The molecule has 0 radical (unpaired) electrons. The van der Waals surface area contributed by atoms with E-state index in [1.165, 1.54) is 5.69 Å². The number of H-pyrrole nitrogens is 1. The molecule has 0 aliphatic heterocycles. The van der Waals surface area contributed by atoms with Crippen LogP contribution >= 0.6 is 0 Å². The molecular formula is C9H11N3. The number of rotatable bonds is 1. The van der Waals surface area contributed by atoms with Gasteiger partial charge in [0.1, 0.15) is 0 Å². The van der Waals surface area contributed by atoms with Gasteiger partial charge in [0.2, 0.25) is 0 Å². The first-order valence-corrected chi connectivity index (χ1v) is 3.91. The van der Waals surface area contributed by atoms with Crippen LogP contribution in [0.1, 0.15) is 5.69 Å². The van der Waals surface area contributed by atoms with E-state index >= 15 is 0 Å². The SMILES string of the molecule is Cc1cc(-c2cc[nH]c2)nn1C. The zero-order valence-electron chi connectivity index (χ0n) is 7.20. The van der Waals surface area contributed by atoms with Crippen molar-refractivity contribution in [3.63, 3.8) is 0 Å². The highest BCUT2D eigenvalue weighted by molar-refractivity contribution is 5.58. The monoisotopic (exact) mass is 161 g/mol. The number of hydrogen-bond acceptors (Lipinski definition) is 1. The molecule has 12 heavy (non-hydrogen) atoms. The van der Waals surface area contributed by atoms with E-state index in [1.807, 2.05) is 37.1 Å². The van der Waals surface area contributed by atoms with Crippen molar-refractivity contribution in [3.8, 4) is 11.3 Å². The molecule has 0 aromatic carbocycles. The first kappa shape index (κ1) is 7.16. The van der Waals surface area contributed by atoms with Gasteiger partial charge in [-0.05, 0) is 19.1 Å². The van der Waals surface area contributed by atoms with E-state index in [0.717, 1.165) is 11.3 Å². The minimum absolute atomic E-state index is 1.02. The van der Waals surface area contributed by atoms with Crippen molar-refractivity contribution < 1.29 is 0 Å². The summed E-state index contributed by atoms with van der Waals surface area (Å²) in [6, 6.07) is 4.09. The Bertz CT molecular complexity index is 351. The van der Waals surface area contributed by atoms with Gasteiger partial charge in [0.15, 0.2) is 0 Å². The molecule has 62 valence electrons. The predicted molar refractivity (Wildman–Crippen MR) is 47.7 cm³/mol. The molecular weight excluding hydrogens is 150 g/mol. The van der Waals surface area contributed by atoms with Gasteiger partial charge in [0.25, 0.3) is 0 Å². The van der Waals surface area contributed by atoms with Crippen LogP contribution in [0.25, 0.3) is 11.3 Å². The molecule has 0 spiro atoms. The number of nitrogens with zero attached hydrogens (tertiary/aromatic N) is 2. The smallest absolute Gasteiger partial charge is 0.0940 e. The van der Waals surface area contributed by atoms with Crippen molar-refractivity contribution in [3.05, 3.63) is 30.2 Å². The molecule has 0 fully saturated rings. The van der Waals surface area contributed by atoms with Gasteiger partial charge < -0.3 is 4.98 Å². The van der Waals surface area contributed by atoms with Crippen LogP contribution in [-0.2, 0) is 7.05 Å². The molecule has 2 rings (SSSR count). The van der Waals surface area contributed by atoms with Crippen molar-refractivity contribution in [1.82, 2.24) is 14.8 Å². The third-order valence-corrected chi connectivity index (χ3v) is 2.01. The Hall–Kier alpha value is -1.51. The summed E-state index contributed by atoms with van der Waals surface area (Å²) in [5, 5.41) is 4.35. The highest BCUT2D eigenvalue weighted by Crippen LogP contribution is 2.16. The van der Waals surface area contributed by atoms with E-state index in [-0.39, 0.29) is 0 Å². The third-order valence-electron chi connectivity index (χ3n) is 2.01. The molecule has 2 aromatic heterocycles. The predicted octanol–water partition coefficient (Wildman–Crippen LogP) is 1.72. The molecule has 0 saturated heterocycles. The highest BCUT2D eigenvalue weighted by atomic mass is 15.3. The van der Waals surface area contributed by atoms with Crippen LogP contribution < -0.4 is 0 Å². The summed E-state index contributed by atoms with van der Waals surface area (Å²) in [5.74, 6) is 0. The van der Waals surface area contributed by atoms with Crippen LogP contribution in [0.4, 0.5) is 0 Å². The maximum atomic E-state index is 4.35. The van der Waals surface area contributed by atoms with Gasteiger partial charge >= 0.3 is 0 Å². The number of aromatic nitrogens is 3. The Morgan fingerprint density at radius 3 is 2.83 bits per heavy atom. The summed E-state index contributed by atoms with van der Waals surface area (Å²) in [6.45, 7) is 2.04. The van der Waals surface area contributed by atoms with Crippen LogP contribution in [0, 0.1) is 6.92 Å². The zero-order valence-corrected chi connectivity index (χ0v) is 7.20. The van der Waals surface area contributed by atoms with Crippen molar-refractivity contribution >= 4 is 0 Å². The van der Waals surface area contributed by atoms with Crippen molar-refractivity contribution in [2.45, 2.75) is 6.92 Å². The fourth-order valence-corrected chi connectivity index (χ4v) is 1.18. The summed E-state index contributed by atoms with van der Waals surface area (Å²) in [6.07, 6.45) is 3.85. The Morgan fingerprint density at radius 1 is 1.50 bits per heavy atom. The Labute approximate surface area is 71.0 Å². The topological polar surface area (TPSA) is 33.6 Å². The lowest BCUT2D eigenvalue weighted by molar-refractivity contribution is 0.743. The van der Waals surface area contributed by atoms with E-state index in [9.17, 15) is 0 Å². The largest absolute Gasteiger partial charge is 0.367 e. The van der Waals surface area contributed by atoms with Gasteiger partial charge in [-0.3, -0.25) is 4.68 Å². The first-order chi connectivity index (χ1) is 5.77. The van der Waals surface area contributed by atoms with Gasteiger partial charge in [0, 0.05) is 30.7 Å². The van der Waals surface area contributed by atoms with Crippen LogP contribution in [0.5, 0.6) is 0 Å². The lowest BCUT2D eigenvalue weighted by Crippen LogP contribution is -1.91. The molecule has 0 aliphatic carbocycles. The molecule has 2 aromatic rings. The number of aromatic amines is 1. The van der Waals surface area contributed by atoms with Gasteiger partial charge in [0.05, 0.1) is 5.69 Å². The summed E-state index contributed by atoms with van der Waals surface area (Å²) < 4.78 is 1.88. The molecule has 0 bridgehead atoms. The maximum absolute atomic E-state index is 4.35. The molecule has 2 heterocycles. The van der Waals surface area contributed by atoms with Gasteiger partial charge in [-0.25, -0.2) is 0 Å². The summed E-state index contributed by atoms with van der Waals surface area (Å²) in [4.78, 5) is 3.01. The fourth-order valence-electron chi connectivity index (χ4n) is 1.18. The average Bonchev–Trinajstić information content (AvgIpc) is 2.61. The second kappa shape index (κ2) is 2.52. The van der Waals surface area contributed by atoms with Gasteiger partial charge in [-0.1, -0.05) is 0 Å². The van der Waals surface area contributed by atoms with Gasteiger partial charge in [-0.15, -0.1) is 0 Å². The number of aryl methyl sites for hydroxylation is 2. The van der Waals surface area contributed by atoms with Crippen LogP contribution in [0.2, 0.25) is 0 Å². The van der Waals surface area contributed by atoms with Crippen LogP contribution in [0.15, 0.2) is 24.5 Å². The quantitative estimate of drug-likeness (QED) is 0.678. The lowest BCUT2D eigenvalue weighted by atomic mass is 10.2. The minimum atomic E-state index is 1.02. The number of nitrogens with one attached hydrogen (secondary N) is 1. The fraction of sp³-hybridized carbons (Fsp3) is 0.222. The molecule has 3 nitrogen and oxygen atoms in total. The van der Waals surface area contributed by atoms with Crippen molar-refractivity contribution in [2.24, 2.45) is 7.05 Å². The summed E-state index contributed by atoms with van der Waals surface area (Å²) >= 11 is 0. The highest BCUT2D eigenvalue weighted by Gasteiger charge is 2.02. The first-order valence-electron chi connectivity index (χ1n) is 3.91. The second-order valence-electron chi connectivity index (χ2n) is 2.89. The van der Waals surface area contributed by atoms with Crippen LogP contribution in [-0.4, -0.2) is 14.8 Å². The minimum Gasteiger partial charge on any atom is -0.367 e. The van der Waals surface area contributed by atoms with E-state index in [4.69, 9.17) is 0 Å². The van der Waals surface area contributed by atoms with E-state index in [1.54, 1.807) is 0 Å². The molecule has 0 saturated carbocycles. The van der Waals surface area contributed by atoms with Crippen molar-refractivity contribution in [1.29, 1.82) is 0 Å². The summed E-state index contributed by atoms with van der Waals surface area (Å²) in [5.41, 5.74) is 3.33. The second-order valence-corrected chi connectivity index (χ2v) is 2.89. The number of hydrogen-bond donors (Lipinski definition) is 1. The van der Waals surface area contributed by atoms with E-state index in [0.29, 0.717) is 0 Å². The molecule has 3 heteroatoms.